The van der Waals surface area contributed by atoms with Crippen LogP contribution in [-0.4, -0.2) is 63.5 Å². The summed E-state index contributed by atoms with van der Waals surface area (Å²) in [7, 11) is 1.77. The van der Waals surface area contributed by atoms with Crippen LogP contribution in [0.3, 0.4) is 0 Å². The highest BCUT2D eigenvalue weighted by Gasteiger charge is 2.29. The fraction of sp³-hybridized carbons (Fsp3) is 0.684. The number of morpholine rings is 1. The van der Waals surface area contributed by atoms with E-state index in [9.17, 15) is 0 Å². The summed E-state index contributed by atoms with van der Waals surface area (Å²) in [5.41, 5.74) is 2.72. The number of benzene rings is 1. The number of ether oxygens (including phenoxy) is 2. The Morgan fingerprint density at radius 2 is 2.04 bits per heavy atom. The van der Waals surface area contributed by atoms with Gasteiger partial charge in [0.2, 0.25) is 0 Å². The lowest BCUT2D eigenvalue weighted by Gasteiger charge is -2.42. The Balaban J connectivity index is 1.50. The summed E-state index contributed by atoms with van der Waals surface area (Å²) in [6.07, 6.45) is 3.86. The van der Waals surface area contributed by atoms with Crippen LogP contribution in [0.2, 0.25) is 0 Å². The van der Waals surface area contributed by atoms with Gasteiger partial charge in [0.05, 0.1) is 12.7 Å². The Labute approximate surface area is 140 Å². The Bertz CT molecular complexity index is 486. The number of hydrogen-bond donors (Lipinski definition) is 0. The van der Waals surface area contributed by atoms with Crippen molar-refractivity contribution in [1.82, 2.24) is 4.90 Å². The van der Waals surface area contributed by atoms with Crippen molar-refractivity contribution in [2.75, 3.05) is 51.4 Å². The first-order chi connectivity index (χ1) is 11.3. The van der Waals surface area contributed by atoms with E-state index in [-0.39, 0.29) is 0 Å². The lowest BCUT2D eigenvalue weighted by atomic mass is 10.0. The van der Waals surface area contributed by atoms with Gasteiger partial charge in [-0.2, -0.15) is 0 Å². The van der Waals surface area contributed by atoms with Gasteiger partial charge in [0.15, 0.2) is 0 Å². The van der Waals surface area contributed by atoms with Gasteiger partial charge in [-0.1, -0.05) is 12.1 Å². The van der Waals surface area contributed by atoms with E-state index < -0.39 is 0 Å². The van der Waals surface area contributed by atoms with Gasteiger partial charge >= 0.3 is 0 Å². The SMILES string of the molecule is COCCC1CN(C2CCN(c3cccc(C)c3)CC2)CCO1. The predicted molar refractivity (Wildman–Crippen MR) is 94.2 cm³/mol. The smallest absolute Gasteiger partial charge is 0.0724 e. The quantitative estimate of drug-likeness (QED) is 0.833. The minimum atomic E-state index is 0.346. The van der Waals surface area contributed by atoms with Gasteiger partial charge in [-0.05, 0) is 43.9 Å². The molecule has 1 unspecified atom stereocenters. The van der Waals surface area contributed by atoms with Gasteiger partial charge in [-0.15, -0.1) is 0 Å². The minimum absolute atomic E-state index is 0.346. The van der Waals surface area contributed by atoms with E-state index in [0.29, 0.717) is 12.1 Å². The highest BCUT2D eigenvalue weighted by molar-refractivity contribution is 5.48. The van der Waals surface area contributed by atoms with Crippen molar-refractivity contribution < 1.29 is 9.47 Å². The number of aryl methyl sites for hydroxylation is 1. The normalized spacial score (nSPS) is 24.1. The van der Waals surface area contributed by atoms with Gasteiger partial charge in [0.1, 0.15) is 0 Å². The van der Waals surface area contributed by atoms with E-state index in [2.05, 4.69) is 41.0 Å². The lowest BCUT2D eigenvalue weighted by Crippen LogP contribution is -2.51. The minimum Gasteiger partial charge on any atom is -0.385 e. The van der Waals surface area contributed by atoms with Gasteiger partial charge < -0.3 is 14.4 Å². The van der Waals surface area contributed by atoms with Gasteiger partial charge in [-0.3, -0.25) is 4.90 Å². The second-order valence-electron chi connectivity index (χ2n) is 6.83. The zero-order valence-electron chi connectivity index (χ0n) is 14.5. The summed E-state index contributed by atoms with van der Waals surface area (Å²) in [6, 6.07) is 9.59. The zero-order chi connectivity index (χ0) is 16.1. The van der Waals surface area contributed by atoms with E-state index in [4.69, 9.17) is 9.47 Å². The second-order valence-corrected chi connectivity index (χ2v) is 6.83. The molecule has 0 N–H and O–H groups in total. The first-order valence-electron chi connectivity index (χ1n) is 8.92. The van der Waals surface area contributed by atoms with Crippen LogP contribution in [0.1, 0.15) is 24.8 Å². The molecule has 128 valence electrons. The largest absolute Gasteiger partial charge is 0.385 e. The van der Waals surface area contributed by atoms with E-state index in [0.717, 1.165) is 45.8 Å². The molecule has 0 aromatic heterocycles. The molecular formula is C19H30N2O2. The molecule has 4 nitrogen and oxygen atoms in total. The second kappa shape index (κ2) is 8.13. The third-order valence-electron chi connectivity index (χ3n) is 5.16. The number of piperidine rings is 1. The topological polar surface area (TPSA) is 24.9 Å². The van der Waals surface area contributed by atoms with Crippen molar-refractivity contribution >= 4 is 5.69 Å². The molecule has 1 aromatic rings. The van der Waals surface area contributed by atoms with Crippen LogP contribution in [0.4, 0.5) is 5.69 Å². The first-order valence-corrected chi connectivity index (χ1v) is 8.92. The summed E-state index contributed by atoms with van der Waals surface area (Å²) in [6.45, 7) is 8.31. The standard InChI is InChI=1S/C19H30N2O2/c1-16-4-3-5-18(14-16)20-9-6-17(7-10-20)21-11-13-23-19(15-21)8-12-22-2/h3-5,14,17,19H,6-13,15H2,1-2H3. The summed E-state index contributed by atoms with van der Waals surface area (Å²) < 4.78 is 11.1. The average molecular weight is 318 g/mol. The molecule has 2 fully saturated rings. The molecule has 3 rings (SSSR count). The summed E-state index contributed by atoms with van der Waals surface area (Å²) in [5.74, 6) is 0. The molecule has 2 aliphatic rings. The predicted octanol–water partition coefficient (Wildman–Crippen LogP) is 2.70. The summed E-state index contributed by atoms with van der Waals surface area (Å²) >= 11 is 0. The van der Waals surface area contributed by atoms with Gasteiger partial charge in [0.25, 0.3) is 0 Å². The highest BCUT2D eigenvalue weighted by Crippen LogP contribution is 2.24. The molecular weight excluding hydrogens is 288 g/mol. The Hall–Kier alpha value is -1.10. The Morgan fingerprint density at radius 3 is 2.78 bits per heavy atom. The molecule has 0 aliphatic carbocycles. The molecule has 1 atom stereocenters. The molecule has 2 heterocycles. The molecule has 2 saturated heterocycles. The molecule has 0 radical (unpaired) electrons. The molecule has 0 bridgehead atoms. The van der Waals surface area contributed by atoms with E-state index in [1.54, 1.807) is 7.11 Å². The fourth-order valence-corrected chi connectivity index (χ4v) is 3.81. The average Bonchev–Trinajstić information content (AvgIpc) is 2.60. The van der Waals surface area contributed by atoms with Crippen LogP contribution in [0, 0.1) is 6.92 Å². The van der Waals surface area contributed by atoms with Crippen LogP contribution < -0.4 is 4.90 Å². The van der Waals surface area contributed by atoms with Gasteiger partial charge in [-0.25, -0.2) is 0 Å². The third-order valence-corrected chi connectivity index (χ3v) is 5.16. The van der Waals surface area contributed by atoms with Crippen LogP contribution in [0.15, 0.2) is 24.3 Å². The number of rotatable bonds is 5. The maximum Gasteiger partial charge on any atom is 0.0724 e. The van der Waals surface area contributed by atoms with Gasteiger partial charge in [0, 0.05) is 51.6 Å². The van der Waals surface area contributed by atoms with Crippen molar-refractivity contribution in [2.24, 2.45) is 0 Å². The van der Waals surface area contributed by atoms with E-state index in [1.807, 2.05) is 0 Å². The number of anilines is 1. The maximum atomic E-state index is 5.87. The van der Waals surface area contributed by atoms with Crippen LogP contribution in [0.25, 0.3) is 0 Å². The van der Waals surface area contributed by atoms with Crippen LogP contribution >= 0.6 is 0 Å². The van der Waals surface area contributed by atoms with Crippen molar-refractivity contribution in [2.45, 2.75) is 38.3 Å². The number of methoxy groups -OCH3 is 1. The monoisotopic (exact) mass is 318 g/mol. The Kier molecular flexibility index (Phi) is 5.92. The molecule has 2 aliphatic heterocycles. The number of nitrogens with zero attached hydrogens (tertiary/aromatic N) is 2. The molecule has 23 heavy (non-hydrogen) atoms. The maximum absolute atomic E-state index is 5.87. The summed E-state index contributed by atoms with van der Waals surface area (Å²) in [4.78, 5) is 5.18. The summed E-state index contributed by atoms with van der Waals surface area (Å²) in [5, 5.41) is 0. The molecule has 0 saturated carbocycles. The van der Waals surface area contributed by atoms with Crippen molar-refractivity contribution in [3.8, 4) is 0 Å². The van der Waals surface area contributed by atoms with Crippen LogP contribution in [0.5, 0.6) is 0 Å². The molecule has 0 spiro atoms. The lowest BCUT2D eigenvalue weighted by molar-refractivity contribution is -0.0565. The third kappa shape index (κ3) is 4.46. The fourth-order valence-electron chi connectivity index (χ4n) is 3.81. The first kappa shape index (κ1) is 16.7. The molecule has 1 aromatic carbocycles. The Morgan fingerprint density at radius 1 is 1.22 bits per heavy atom. The number of hydrogen-bond acceptors (Lipinski definition) is 4. The van der Waals surface area contributed by atoms with Crippen LogP contribution in [-0.2, 0) is 9.47 Å². The molecule has 4 heteroatoms. The van der Waals surface area contributed by atoms with Crippen molar-refractivity contribution in [3.05, 3.63) is 29.8 Å². The van der Waals surface area contributed by atoms with E-state index in [1.165, 1.54) is 24.1 Å². The zero-order valence-corrected chi connectivity index (χ0v) is 14.5. The van der Waals surface area contributed by atoms with Crippen molar-refractivity contribution in [3.63, 3.8) is 0 Å². The highest BCUT2D eigenvalue weighted by atomic mass is 16.5. The van der Waals surface area contributed by atoms with E-state index >= 15 is 0 Å². The molecule has 0 amide bonds. The van der Waals surface area contributed by atoms with Crippen molar-refractivity contribution in [1.29, 1.82) is 0 Å².